The van der Waals surface area contributed by atoms with E-state index in [2.05, 4.69) is 16.0 Å². The molecule has 0 heterocycles. The Bertz CT molecular complexity index is 404. The first-order chi connectivity index (χ1) is 8.61. The lowest BCUT2D eigenvalue weighted by molar-refractivity contribution is -0.118. The lowest BCUT2D eigenvalue weighted by Gasteiger charge is -2.08. The molecule has 0 fully saturated rings. The van der Waals surface area contributed by atoms with Gasteiger partial charge in [-0.15, -0.1) is 0 Å². The van der Waals surface area contributed by atoms with Crippen LogP contribution in [0.4, 0.5) is 10.5 Å². The summed E-state index contributed by atoms with van der Waals surface area (Å²) in [7, 11) is 1.58. The molecule has 0 aliphatic heterocycles. The van der Waals surface area contributed by atoms with Crippen molar-refractivity contribution in [2.45, 2.75) is 6.92 Å². The average molecular weight is 251 g/mol. The van der Waals surface area contributed by atoms with Crippen molar-refractivity contribution in [1.29, 1.82) is 0 Å². The first-order valence-electron chi connectivity index (χ1n) is 5.55. The molecule has 6 nitrogen and oxygen atoms in total. The molecule has 18 heavy (non-hydrogen) atoms. The average Bonchev–Trinajstić information content (AvgIpc) is 2.35. The van der Waals surface area contributed by atoms with Gasteiger partial charge in [0.2, 0.25) is 5.91 Å². The van der Waals surface area contributed by atoms with E-state index in [1.165, 1.54) is 6.92 Å². The molecule has 0 aliphatic carbocycles. The largest absolute Gasteiger partial charge is 0.497 e. The third-order valence-electron chi connectivity index (χ3n) is 2.13. The van der Waals surface area contributed by atoms with Gasteiger partial charge in [0, 0.05) is 25.7 Å². The van der Waals surface area contributed by atoms with Gasteiger partial charge in [-0.05, 0) is 24.3 Å². The number of benzene rings is 1. The molecule has 0 bridgehead atoms. The predicted octanol–water partition coefficient (Wildman–Crippen LogP) is 0.953. The van der Waals surface area contributed by atoms with Gasteiger partial charge in [0.25, 0.3) is 0 Å². The molecule has 98 valence electrons. The fourth-order valence-corrected chi connectivity index (χ4v) is 1.26. The van der Waals surface area contributed by atoms with Crippen LogP contribution in [0.15, 0.2) is 24.3 Å². The van der Waals surface area contributed by atoms with E-state index in [1.807, 2.05) is 0 Å². The second-order valence-electron chi connectivity index (χ2n) is 3.59. The van der Waals surface area contributed by atoms with E-state index in [4.69, 9.17) is 4.74 Å². The highest BCUT2D eigenvalue weighted by Gasteiger charge is 2.01. The Morgan fingerprint density at radius 2 is 1.72 bits per heavy atom. The number of anilines is 1. The Morgan fingerprint density at radius 3 is 2.28 bits per heavy atom. The second-order valence-corrected chi connectivity index (χ2v) is 3.59. The maximum atomic E-state index is 11.4. The van der Waals surface area contributed by atoms with Gasteiger partial charge < -0.3 is 20.7 Å². The molecule has 1 aromatic carbocycles. The van der Waals surface area contributed by atoms with Gasteiger partial charge >= 0.3 is 6.03 Å². The zero-order valence-electron chi connectivity index (χ0n) is 10.4. The molecular formula is C12H17N3O3. The summed E-state index contributed by atoms with van der Waals surface area (Å²) < 4.78 is 5.01. The summed E-state index contributed by atoms with van der Waals surface area (Å²) in [6, 6.07) is 6.68. The van der Waals surface area contributed by atoms with Crippen LogP contribution in [0.25, 0.3) is 0 Å². The number of rotatable bonds is 5. The highest BCUT2D eigenvalue weighted by molar-refractivity contribution is 5.89. The van der Waals surface area contributed by atoms with Crippen LogP contribution in [0.2, 0.25) is 0 Å². The van der Waals surface area contributed by atoms with Crippen molar-refractivity contribution in [3.05, 3.63) is 24.3 Å². The van der Waals surface area contributed by atoms with E-state index in [9.17, 15) is 9.59 Å². The van der Waals surface area contributed by atoms with E-state index in [0.29, 0.717) is 18.8 Å². The number of urea groups is 1. The Labute approximate surface area is 106 Å². The van der Waals surface area contributed by atoms with Gasteiger partial charge in [0.05, 0.1) is 7.11 Å². The SMILES string of the molecule is COc1ccc(NC(=O)NCCNC(C)=O)cc1. The van der Waals surface area contributed by atoms with Crippen LogP contribution in [0, 0.1) is 0 Å². The minimum atomic E-state index is -0.314. The Balaban J connectivity index is 2.28. The number of methoxy groups -OCH3 is 1. The van der Waals surface area contributed by atoms with Crippen molar-refractivity contribution in [1.82, 2.24) is 10.6 Å². The zero-order valence-corrected chi connectivity index (χ0v) is 10.4. The number of amides is 3. The van der Waals surface area contributed by atoms with Gasteiger partial charge in [-0.25, -0.2) is 4.79 Å². The molecule has 1 rings (SSSR count). The molecule has 0 aromatic heterocycles. The summed E-state index contributed by atoms with van der Waals surface area (Å²) >= 11 is 0. The van der Waals surface area contributed by atoms with Crippen LogP contribution < -0.4 is 20.7 Å². The Hall–Kier alpha value is -2.24. The molecule has 6 heteroatoms. The van der Waals surface area contributed by atoms with Crippen LogP contribution in [-0.4, -0.2) is 32.1 Å². The summed E-state index contributed by atoms with van der Waals surface area (Å²) in [6.07, 6.45) is 0. The number of ether oxygens (including phenoxy) is 1. The molecule has 1 aromatic rings. The van der Waals surface area contributed by atoms with Crippen LogP contribution >= 0.6 is 0 Å². The Kier molecular flexibility index (Phi) is 5.50. The van der Waals surface area contributed by atoms with Crippen LogP contribution in [-0.2, 0) is 4.79 Å². The van der Waals surface area contributed by atoms with Crippen LogP contribution in [0.1, 0.15) is 6.92 Å². The van der Waals surface area contributed by atoms with Gasteiger partial charge in [-0.2, -0.15) is 0 Å². The van der Waals surface area contributed by atoms with Crippen LogP contribution in [0.3, 0.4) is 0 Å². The molecule has 3 amide bonds. The molecule has 0 aliphatic rings. The van der Waals surface area contributed by atoms with Crippen molar-refractivity contribution >= 4 is 17.6 Å². The molecule has 0 saturated heterocycles. The van der Waals surface area contributed by atoms with E-state index < -0.39 is 0 Å². The topological polar surface area (TPSA) is 79.5 Å². The summed E-state index contributed by atoms with van der Waals surface area (Å²) in [5, 5.41) is 7.86. The summed E-state index contributed by atoms with van der Waals surface area (Å²) in [5.74, 6) is 0.610. The van der Waals surface area contributed by atoms with Crippen LogP contribution in [0.5, 0.6) is 5.75 Å². The highest BCUT2D eigenvalue weighted by atomic mass is 16.5. The van der Waals surface area contributed by atoms with Crippen molar-refractivity contribution in [3.63, 3.8) is 0 Å². The number of carbonyl (C=O) groups excluding carboxylic acids is 2. The third-order valence-corrected chi connectivity index (χ3v) is 2.13. The fraction of sp³-hybridized carbons (Fsp3) is 0.333. The maximum Gasteiger partial charge on any atom is 0.319 e. The summed E-state index contributed by atoms with van der Waals surface area (Å²) in [6.45, 7) is 2.21. The first kappa shape index (κ1) is 13.8. The zero-order chi connectivity index (χ0) is 13.4. The Morgan fingerprint density at radius 1 is 1.11 bits per heavy atom. The fourth-order valence-electron chi connectivity index (χ4n) is 1.26. The van der Waals surface area contributed by atoms with Gasteiger partial charge in [0.15, 0.2) is 0 Å². The van der Waals surface area contributed by atoms with Crippen molar-refractivity contribution in [2.75, 3.05) is 25.5 Å². The quantitative estimate of drug-likeness (QED) is 0.682. The molecule has 0 atom stereocenters. The molecule has 0 saturated carbocycles. The van der Waals surface area contributed by atoms with Crippen molar-refractivity contribution in [3.8, 4) is 5.75 Å². The number of hydrogen-bond acceptors (Lipinski definition) is 3. The van der Waals surface area contributed by atoms with E-state index in [0.717, 1.165) is 5.75 Å². The number of nitrogens with one attached hydrogen (secondary N) is 3. The molecular weight excluding hydrogens is 234 g/mol. The summed E-state index contributed by atoms with van der Waals surface area (Å²) in [4.78, 5) is 22.0. The van der Waals surface area contributed by atoms with Gasteiger partial charge in [-0.1, -0.05) is 0 Å². The number of carbonyl (C=O) groups is 2. The molecule has 3 N–H and O–H groups in total. The van der Waals surface area contributed by atoms with E-state index in [-0.39, 0.29) is 11.9 Å². The number of hydrogen-bond donors (Lipinski definition) is 3. The van der Waals surface area contributed by atoms with E-state index >= 15 is 0 Å². The first-order valence-corrected chi connectivity index (χ1v) is 5.55. The lowest BCUT2D eigenvalue weighted by Crippen LogP contribution is -2.36. The predicted molar refractivity (Wildman–Crippen MR) is 68.7 cm³/mol. The molecule has 0 unspecified atom stereocenters. The van der Waals surface area contributed by atoms with Gasteiger partial charge in [0.1, 0.15) is 5.75 Å². The molecule has 0 spiro atoms. The lowest BCUT2D eigenvalue weighted by atomic mass is 10.3. The summed E-state index contributed by atoms with van der Waals surface area (Å²) in [5.41, 5.74) is 0.674. The molecule has 0 radical (unpaired) electrons. The highest BCUT2D eigenvalue weighted by Crippen LogP contribution is 2.14. The normalized spacial score (nSPS) is 9.44. The van der Waals surface area contributed by atoms with Gasteiger partial charge in [-0.3, -0.25) is 4.79 Å². The minimum Gasteiger partial charge on any atom is -0.497 e. The smallest absolute Gasteiger partial charge is 0.319 e. The van der Waals surface area contributed by atoms with E-state index in [1.54, 1.807) is 31.4 Å². The standard InChI is InChI=1S/C12H17N3O3/c1-9(16)13-7-8-14-12(17)15-10-3-5-11(18-2)6-4-10/h3-6H,7-8H2,1-2H3,(H,13,16)(H2,14,15,17). The second kappa shape index (κ2) is 7.16. The third kappa shape index (κ3) is 5.20. The van der Waals surface area contributed by atoms with Crippen molar-refractivity contribution in [2.24, 2.45) is 0 Å². The van der Waals surface area contributed by atoms with Crippen molar-refractivity contribution < 1.29 is 14.3 Å². The maximum absolute atomic E-state index is 11.4. The minimum absolute atomic E-state index is 0.118. The monoisotopic (exact) mass is 251 g/mol.